The van der Waals surface area contributed by atoms with E-state index in [0.717, 1.165) is 24.2 Å². The van der Waals surface area contributed by atoms with Gasteiger partial charge in [-0.3, -0.25) is 4.79 Å². The largest absolute Gasteiger partial charge is 0.490 e. The summed E-state index contributed by atoms with van der Waals surface area (Å²) in [6.45, 7) is 0.491. The van der Waals surface area contributed by atoms with E-state index in [1.807, 2.05) is 24.3 Å². The van der Waals surface area contributed by atoms with Crippen LogP contribution in [0, 0.1) is 0 Å². The maximum Gasteiger partial charge on any atom is 0.234 e. The monoisotopic (exact) mass is 248 g/mol. The molecule has 0 aliphatic heterocycles. The summed E-state index contributed by atoms with van der Waals surface area (Å²) in [5.74, 6) is 0.729. The van der Waals surface area contributed by atoms with Crippen LogP contribution in [0.5, 0.6) is 5.75 Å². The van der Waals surface area contributed by atoms with Crippen molar-refractivity contribution in [2.24, 2.45) is 5.73 Å². The number of hydrogen-bond donors (Lipinski definition) is 2. The Morgan fingerprint density at radius 1 is 1.33 bits per heavy atom. The predicted molar refractivity (Wildman–Crippen MR) is 70.2 cm³/mol. The number of benzene rings is 1. The molecule has 4 nitrogen and oxygen atoms in total. The van der Waals surface area contributed by atoms with Crippen LogP contribution in [0.3, 0.4) is 0 Å². The van der Waals surface area contributed by atoms with Gasteiger partial charge in [0.2, 0.25) is 5.91 Å². The lowest BCUT2D eigenvalue weighted by molar-refractivity contribution is -0.119. The van der Waals surface area contributed by atoms with Crippen LogP contribution in [0.1, 0.15) is 31.2 Å². The highest BCUT2D eigenvalue weighted by Crippen LogP contribution is 2.26. The quantitative estimate of drug-likeness (QED) is 0.831. The lowest BCUT2D eigenvalue weighted by Gasteiger charge is -2.16. The summed E-state index contributed by atoms with van der Waals surface area (Å²) in [5.41, 5.74) is 6.27. The molecule has 1 aromatic rings. The Morgan fingerprint density at radius 2 is 2.06 bits per heavy atom. The highest BCUT2D eigenvalue weighted by Gasteiger charge is 2.17. The molecule has 0 saturated heterocycles. The van der Waals surface area contributed by atoms with Crippen molar-refractivity contribution in [2.45, 2.75) is 38.3 Å². The third-order valence-electron chi connectivity index (χ3n) is 3.23. The topological polar surface area (TPSA) is 64.4 Å². The maximum atomic E-state index is 11.2. The van der Waals surface area contributed by atoms with Gasteiger partial charge in [-0.25, -0.2) is 0 Å². The molecule has 1 aliphatic carbocycles. The van der Waals surface area contributed by atoms with Gasteiger partial charge in [0.05, 0.1) is 12.6 Å². The molecule has 0 bridgehead atoms. The number of rotatable bonds is 5. The molecule has 0 aromatic heterocycles. The minimum atomic E-state index is -0.148. The first-order chi connectivity index (χ1) is 8.79. The molecule has 18 heavy (non-hydrogen) atoms. The molecule has 0 unspecified atom stereocenters. The summed E-state index contributed by atoms with van der Waals surface area (Å²) in [7, 11) is 0. The Labute approximate surface area is 108 Å². The number of ether oxygens (including phenoxy) is 1. The smallest absolute Gasteiger partial charge is 0.234 e. The Kier molecular flexibility index (Phi) is 4.59. The van der Waals surface area contributed by atoms with E-state index in [1.165, 1.54) is 12.8 Å². The molecule has 0 heterocycles. The molecule has 1 fully saturated rings. The molecule has 0 radical (unpaired) electrons. The summed E-state index contributed by atoms with van der Waals surface area (Å²) in [4.78, 5) is 11.2. The van der Waals surface area contributed by atoms with Crippen molar-refractivity contribution in [3.63, 3.8) is 0 Å². The Bertz CT molecular complexity index is 401. The summed E-state index contributed by atoms with van der Waals surface area (Å²) < 4.78 is 5.99. The Balaban J connectivity index is 1.98. The molecular weight excluding hydrogens is 228 g/mol. The van der Waals surface area contributed by atoms with Gasteiger partial charge in [-0.2, -0.15) is 0 Å². The van der Waals surface area contributed by atoms with Gasteiger partial charge in [0.15, 0.2) is 0 Å². The summed E-state index contributed by atoms with van der Waals surface area (Å²) in [5, 5.41) is 2.77. The number of amides is 1. The number of para-hydroxylation sites is 1. The zero-order chi connectivity index (χ0) is 12.8. The number of hydrogen-bond acceptors (Lipinski definition) is 3. The van der Waals surface area contributed by atoms with Crippen molar-refractivity contribution in [3.05, 3.63) is 29.8 Å². The Hall–Kier alpha value is -1.55. The minimum Gasteiger partial charge on any atom is -0.490 e. The second-order valence-electron chi connectivity index (χ2n) is 4.61. The van der Waals surface area contributed by atoms with E-state index in [4.69, 9.17) is 10.5 Å². The van der Waals surface area contributed by atoms with Crippen molar-refractivity contribution >= 4 is 5.91 Å². The van der Waals surface area contributed by atoms with Crippen LogP contribution in [-0.2, 0) is 11.3 Å². The van der Waals surface area contributed by atoms with Crippen LogP contribution in [-0.4, -0.2) is 18.6 Å². The Morgan fingerprint density at radius 3 is 2.78 bits per heavy atom. The lowest BCUT2D eigenvalue weighted by atomic mass is 10.2. The molecule has 3 N–H and O–H groups in total. The average molecular weight is 248 g/mol. The number of carbonyl (C=O) groups is 1. The van der Waals surface area contributed by atoms with Crippen LogP contribution in [0.2, 0.25) is 0 Å². The molecular formula is C14H20N2O2. The standard InChI is InChI=1S/C14H20N2O2/c15-9-14(17)16-10-11-5-1-4-8-13(11)18-12-6-2-3-7-12/h1,4-5,8,12H,2-3,6-7,9-10,15H2,(H,16,17). The molecule has 2 rings (SSSR count). The van der Waals surface area contributed by atoms with E-state index in [1.54, 1.807) is 0 Å². The maximum absolute atomic E-state index is 11.2. The summed E-state index contributed by atoms with van der Waals surface area (Å²) >= 11 is 0. The predicted octanol–water partition coefficient (Wildman–Crippen LogP) is 1.58. The van der Waals surface area contributed by atoms with Crippen LogP contribution in [0.25, 0.3) is 0 Å². The van der Waals surface area contributed by atoms with E-state index in [2.05, 4.69) is 5.32 Å². The van der Waals surface area contributed by atoms with Gasteiger partial charge in [-0.15, -0.1) is 0 Å². The van der Waals surface area contributed by atoms with Crippen molar-refractivity contribution in [1.82, 2.24) is 5.32 Å². The number of nitrogens with two attached hydrogens (primary N) is 1. The fourth-order valence-corrected chi connectivity index (χ4v) is 2.22. The first-order valence-electron chi connectivity index (χ1n) is 6.51. The van der Waals surface area contributed by atoms with Crippen LogP contribution in [0.15, 0.2) is 24.3 Å². The minimum absolute atomic E-state index is 0.0195. The SMILES string of the molecule is NCC(=O)NCc1ccccc1OC1CCCC1. The van der Waals surface area contributed by atoms with Gasteiger partial charge in [0, 0.05) is 12.1 Å². The number of carbonyl (C=O) groups excluding carboxylic acids is 1. The van der Waals surface area contributed by atoms with Crippen molar-refractivity contribution in [1.29, 1.82) is 0 Å². The normalized spacial score (nSPS) is 15.6. The zero-order valence-electron chi connectivity index (χ0n) is 10.5. The second-order valence-corrected chi connectivity index (χ2v) is 4.61. The lowest BCUT2D eigenvalue weighted by Crippen LogP contribution is -2.30. The molecule has 4 heteroatoms. The molecule has 1 amide bonds. The van der Waals surface area contributed by atoms with Crippen LogP contribution >= 0.6 is 0 Å². The van der Waals surface area contributed by atoms with Gasteiger partial charge in [-0.05, 0) is 31.7 Å². The first kappa shape index (κ1) is 12.9. The molecule has 0 atom stereocenters. The van der Waals surface area contributed by atoms with E-state index < -0.39 is 0 Å². The first-order valence-corrected chi connectivity index (χ1v) is 6.51. The van der Waals surface area contributed by atoms with E-state index >= 15 is 0 Å². The van der Waals surface area contributed by atoms with Gasteiger partial charge >= 0.3 is 0 Å². The highest BCUT2D eigenvalue weighted by atomic mass is 16.5. The van der Waals surface area contributed by atoms with E-state index in [9.17, 15) is 4.79 Å². The third kappa shape index (κ3) is 3.47. The third-order valence-corrected chi connectivity index (χ3v) is 3.23. The van der Waals surface area contributed by atoms with Crippen LogP contribution in [0.4, 0.5) is 0 Å². The van der Waals surface area contributed by atoms with Gasteiger partial charge < -0.3 is 15.8 Å². The summed E-state index contributed by atoms with van der Waals surface area (Å²) in [6, 6.07) is 7.84. The highest BCUT2D eigenvalue weighted by molar-refractivity contribution is 5.77. The molecule has 98 valence electrons. The number of nitrogens with one attached hydrogen (secondary N) is 1. The van der Waals surface area contributed by atoms with Crippen molar-refractivity contribution < 1.29 is 9.53 Å². The van der Waals surface area contributed by atoms with Crippen molar-refractivity contribution in [3.8, 4) is 5.75 Å². The zero-order valence-corrected chi connectivity index (χ0v) is 10.5. The molecule has 0 spiro atoms. The molecule has 1 saturated carbocycles. The average Bonchev–Trinajstić information content (AvgIpc) is 2.90. The second kappa shape index (κ2) is 6.40. The van der Waals surface area contributed by atoms with Gasteiger partial charge in [0.25, 0.3) is 0 Å². The molecule has 1 aliphatic rings. The fraction of sp³-hybridized carbons (Fsp3) is 0.500. The van der Waals surface area contributed by atoms with E-state index in [-0.39, 0.29) is 12.5 Å². The molecule has 1 aromatic carbocycles. The summed E-state index contributed by atoms with van der Waals surface area (Å²) in [6.07, 6.45) is 5.08. The van der Waals surface area contributed by atoms with Crippen LogP contribution < -0.4 is 15.8 Å². The fourth-order valence-electron chi connectivity index (χ4n) is 2.22. The van der Waals surface area contributed by atoms with E-state index in [0.29, 0.717) is 12.6 Å². The van der Waals surface area contributed by atoms with Crippen molar-refractivity contribution in [2.75, 3.05) is 6.54 Å². The van der Waals surface area contributed by atoms with Gasteiger partial charge in [-0.1, -0.05) is 18.2 Å². The van der Waals surface area contributed by atoms with Gasteiger partial charge in [0.1, 0.15) is 5.75 Å².